The summed E-state index contributed by atoms with van der Waals surface area (Å²) in [7, 11) is 0. The molecule has 0 aliphatic carbocycles. The Labute approximate surface area is 212 Å². The van der Waals surface area contributed by atoms with Gasteiger partial charge in [0.25, 0.3) is 0 Å². The van der Waals surface area contributed by atoms with Crippen LogP contribution in [0.5, 0.6) is 0 Å². The van der Waals surface area contributed by atoms with Gasteiger partial charge in [-0.25, -0.2) is 4.79 Å². The number of aliphatic hydroxyl groups is 1. The number of carboxylic acids is 1. The monoisotopic (exact) mass is 516 g/mol. The van der Waals surface area contributed by atoms with E-state index in [1.165, 1.54) is 6.92 Å². The first-order chi connectivity index (χ1) is 16.8. The molecule has 36 heavy (non-hydrogen) atoms. The average Bonchev–Trinajstić information content (AvgIpc) is 2.81. The fourth-order valence-electron chi connectivity index (χ4n) is 3.27. The van der Waals surface area contributed by atoms with Gasteiger partial charge in [-0.15, -0.1) is 0 Å². The van der Waals surface area contributed by atoms with Gasteiger partial charge in [0.15, 0.2) is 5.96 Å². The van der Waals surface area contributed by atoms with Crippen molar-refractivity contribution in [3.63, 3.8) is 0 Å². The lowest BCUT2D eigenvalue weighted by atomic mass is 9.96. The Bertz CT molecular complexity index is 744. The summed E-state index contributed by atoms with van der Waals surface area (Å²) in [5.74, 6) is -3.85. The molecule has 0 saturated carbocycles. The minimum absolute atomic E-state index is 0.0198. The largest absolute Gasteiger partial charge is 0.480 e. The molecule has 6 unspecified atom stereocenters. The van der Waals surface area contributed by atoms with E-state index in [-0.39, 0.29) is 31.3 Å². The van der Waals surface area contributed by atoms with Crippen molar-refractivity contribution < 1.29 is 29.4 Å². The Morgan fingerprint density at radius 3 is 1.97 bits per heavy atom. The number of nitrogens with zero attached hydrogens (tertiary/aromatic N) is 1. The minimum Gasteiger partial charge on any atom is -0.480 e. The third-order valence-corrected chi connectivity index (χ3v) is 5.72. The van der Waals surface area contributed by atoms with Crippen LogP contribution in [0.15, 0.2) is 4.99 Å². The molecule has 0 aliphatic heterocycles. The maximum atomic E-state index is 13.0. The zero-order chi connectivity index (χ0) is 27.8. The van der Waals surface area contributed by atoms with E-state index in [9.17, 15) is 29.4 Å². The lowest BCUT2D eigenvalue weighted by Crippen LogP contribution is -2.61. The van der Waals surface area contributed by atoms with Crippen LogP contribution < -0.4 is 38.9 Å². The number of nitrogens with two attached hydrogens (primary N) is 4. The topological polar surface area (TPSA) is 261 Å². The number of carboxylic acid groups (broad SMARTS) is 1. The van der Waals surface area contributed by atoms with E-state index in [2.05, 4.69) is 20.9 Å². The molecule has 0 aromatic carbocycles. The van der Waals surface area contributed by atoms with E-state index in [4.69, 9.17) is 22.9 Å². The van der Waals surface area contributed by atoms with Gasteiger partial charge < -0.3 is 49.1 Å². The Morgan fingerprint density at radius 2 is 1.47 bits per heavy atom. The zero-order valence-electron chi connectivity index (χ0n) is 21.4. The second kappa shape index (κ2) is 17.5. The second-order valence-electron chi connectivity index (χ2n) is 8.84. The number of aliphatic hydroxyl groups excluding tert-OH is 1. The first kappa shape index (κ1) is 33.0. The predicted molar refractivity (Wildman–Crippen MR) is 135 cm³/mol. The highest BCUT2D eigenvalue weighted by atomic mass is 16.4. The van der Waals surface area contributed by atoms with Crippen LogP contribution in [-0.4, -0.2) is 83.2 Å². The molecular weight excluding hydrogens is 472 g/mol. The first-order valence-corrected chi connectivity index (χ1v) is 12.2. The molecule has 208 valence electrons. The van der Waals surface area contributed by atoms with E-state index >= 15 is 0 Å². The maximum Gasteiger partial charge on any atom is 0.326 e. The number of aliphatic carboxylic acids is 1. The van der Waals surface area contributed by atoms with Gasteiger partial charge in [0.2, 0.25) is 17.7 Å². The normalized spacial score (nSPS) is 15.9. The van der Waals surface area contributed by atoms with Crippen molar-refractivity contribution in [3.05, 3.63) is 0 Å². The summed E-state index contributed by atoms with van der Waals surface area (Å²) < 4.78 is 0. The van der Waals surface area contributed by atoms with Crippen molar-refractivity contribution in [2.75, 3.05) is 13.1 Å². The summed E-state index contributed by atoms with van der Waals surface area (Å²) in [4.78, 5) is 53.7. The lowest BCUT2D eigenvalue weighted by Gasteiger charge is -2.29. The van der Waals surface area contributed by atoms with Crippen LogP contribution in [0, 0.1) is 5.92 Å². The third kappa shape index (κ3) is 12.7. The summed E-state index contributed by atoms with van der Waals surface area (Å²) in [6.45, 7) is 5.51. The molecule has 0 aromatic heterocycles. The second-order valence-corrected chi connectivity index (χ2v) is 8.84. The minimum atomic E-state index is -1.46. The molecule has 0 bridgehead atoms. The predicted octanol–water partition coefficient (Wildman–Crippen LogP) is -2.54. The summed E-state index contributed by atoms with van der Waals surface area (Å²) in [6.07, 6.45) is 1.25. The van der Waals surface area contributed by atoms with Crippen LogP contribution in [-0.2, 0) is 19.2 Å². The van der Waals surface area contributed by atoms with Crippen LogP contribution in [0.4, 0.5) is 0 Å². The lowest BCUT2D eigenvalue weighted by molar-refractivity contribution is -0.143. The van der Waals surface area contributed by atoms with E-state index < -0.39 is 54.0 Å². The Hall–Kier alpha value is -2.97. The Balaban J connectivity index is 5.36. The number of unbranched alkanes of at least 4 members (excludes halogenated alkanes) is 1. The number of rotatable bonds is 18. The molecule has 0 aromatic rings. The Morgan fingerprint density at radius 1 is 0.889 bits per heavy atom. The molecule has 0 spiro atoms. The number of hydrogen-bond acceptors (Lipinski definition) is 8. The number of nitrogens with one attached hydrogen (secondary N) is 3. The van der Waals surface area contributed by atoms with Crippen molar-refractivity contribution in [1.29, 1.82) is 0 Å². The molecule has 0 fully saturated rings. The van der Waals surface area contributed by atoms with Crippen LogP contribution in [0.3, 0.4) is 0 Å². The fourth-order valence-corrected chi connectivity index (χ4v) is 3.27. The zero-order valence-corrected chi connectivity index (χ0v) is 21.4. The highest BCUT2D eigenvalue weighted by Crippen LogP contribution is 2.10. The van der Waals surface area contributed by atoms with Crippen LogP contribution >= 0.6 is 0 Å². The standard InChI is InChI=1S/C22H44N8O6/c1-4-12(2)16(29-18(32)14(24)8-5-6-10-23)19(33)30-17(13(3)31)20(34)28-15(21(35)36)9-7-11-27-22(25)26/h12-17,31H,4-11,23-24H2,1-3H3,(H,28,34)(H,29,32)(H,30,33)(H,35,36)(H4,25,26,27). The Kier molecular flexibility index (Phi) is 16.0. The quantitative estimate of drug-likeness (QED) is 0.0523. The van der Waals surface area contributed by atoms with Gasteiger partial charge in [-0.2, -0.15) is 0 Å². The molecular formula is C22H44N8O6. The SMILES string of the molecule is CCC(C)C(NC(=O)C(N)CCCCN)C(=O)NC(C(=O)NC(CCCN=C(N)N)C(=O)O)C(C)O. The van der Waals surface area contributed by atoms with E-state index in [0.717, 1.165) is 0 Å². The third-order valence-electron chi connectivity index (χ3n) is 5.72. The van der Waals surface area contributed by atoms with Crippen LogP contribution in [0.25, 0.3) is 0 Å². The van der Waals surface area contributed by atoms with Crippen molar-refractivity contribution in [2.45, 2.75) is 89.6 Å². The first-order valence-electron chi connectivity index (χ1n) is 12.2. The van der Waals surface area contributed by atoms with E-state index in [1.54, 1.807) is 6.92 Å². The highest BCUT2D eigenvalue weighted by Gasteiger charge is 2.34. The molecule has 0 rings (SSSR count). The molecule has 0 heterocycles. The van der Waals surface area contributed by atoms with Gasteiger partial charge in [-0.1, -0.05) is 26.7 Å². The van der Waals surface area contributed by atoms with Crippen molar-refractivity contribution in [1.82, 2.24) is 16.0 Å². The smallest absolute Gasteiger partial charge is 0.326 e. The number of carbonyl (C=O) groups is 4. The van der Waals surface area contributed by atoms with Crippen molar-refractivity contribution >= 4 is 29.7 Å². The number of carbonyl (C=O) groups excluding carboxylic acids is 3. The number of hydrogen-bond donors (Lipinski definition) is 9. The van der Waals surface area contributed by atoms with Crippen molar-refractivity contribution in [2.24, 2.45) is 33.8 Å². The molecule has 0 saturated heterocycles. The summed E-state index contributed by atoms with van der Waals surface area (Å²) in [5.41, 5.74) is 21.9. The summed E-state index contributed by atoms with van der Waals surface area (Å²) in [6, 6.07) is -4.60. The number of amides is 3. The number of aliphatic imine (C=N–C) groups is 1. The van der Waals surface area contributed by atoms with Gasteiger partial charge >= 0.3 is 5.97 Å². The number of guanidine groups is 1. The molecule has 6 atom stereocenters. The van der Waals surface area contributed by atoms with E-state index in [1.807, 2.05) is 6.92 Å². The van der Waals surface area contributed by atoms with Crippen LogP contribution in [0.2, 0.25) is 0 Å². The average molecular weight is 517 g/mol. The van der Waals surface area contributed by atoms with Gasteiger partial charge in [0, 0.05) is 6.54 Å². The maximum absolute atomic E-state index is 13.0. The molecule has 0 radical (unpaired) electrons. The highest BCUT2D eigenvalue weighted by molar-refractivity contribution is 5.94. The van der Waals surface area contributed by atoms with Gasteiger partial charge in [-0.05, 0) is 45.1 Å². The van der Waals surface area contributed by atoms with Gasteiger partial charge in [0.1, 0.15) is 18.1 Å². The van der Waals surface area contributed by atoms with Crippen molar-refractivity contribution in [3.8, 4) is 0 Å². The summed E-state index contributed by atoms with van der Waals surface area (Å²) in [5, 5.41) is 27.0. The van der Waals surface area contributed by atoms with Gasteiger partial charge in [-0.3, -0.25) is 19.4 Å². The van der Waals surface area contributed by atoms with Crippen LogP contribution in [0.1, 0.15) is 59.3 Å². The molecule has 0 aliphatic rings. The molecule has 14 heteroatoms. The summed E-state index contributed by atoms with van der Waals surface area (Å²) >= 11 is 0. The van der Waals surface area contributed by atoms with E-state index in [0.29, 0.717) is 32.2 Å². The molecule has 14 nitrogen and oxygen atoms in total. The van der Waals surface area contributed by atoms with Gasteiger partial charge in [0.05, 0.1) is 12.1 Å². The molecule has 3 amide bonds. The fraction of sp³-hybridized carbons (Fsp3) is 0.773. The molecule has 13 N–H and O–H groups in total.